The third kappa shape index (κ3) is 5.81. The summed E-state index contributed by atoms with van der Waals surface area (Å²) in [5, 5.41) is 8.52. The predicted octanol–water partition coefficient (Wildman–Crippen LogP) is 4.40. The molecule has 0 aromatic heterocycles. The Morgan fingerprint density at radius 2 is 1.38 bits per heavy atom. The molecule has 0 aliphatic heterocycles. The smallest absolute Gasteiger partial charge is 0.257 e. The lowest BCUT2D eigenvalue weighted by molar-refractivity contribution is 0.0975. The van der Waals surface area contributed by atoms with Crippen molar-refractivity contribution in [3.8, 4) is 17.2 Å². The summed E-state index contributed by atoms with van der Waals surface area (Å²) < 4.78 is 15.8. The fourth-order valence-corrected chi connectivity index (χ4v) is 3.46. The predicted molar refractivity (Wildman–Crippen MR) is 135 cm³/mol. The standard InChI is InChI=1S/C25H25N3O5S/c1-15-8-5-6-11-19(15)24(30)26-17-9-7-10-18(14-17)27-25(34)28-23(29)16-12-20(31-2)22(33-4)21(13-16)32-3/h5-14H,1-4H3,(H,26,30)(H2,27,28,29,34). The number of hydrogen-bond acceptors (Lipinski definition) is 6. The monoisotopic (exact) mass is 479 g/mol. The van der Waals surface area contributed by atoms with Gasteiger partial charge in [-0.05, 0) is 61.1 Å². The van der Waals surface area contributed by atoms with Gasteiger partial charge < -0.3 is 24.8 Å². The van der Waals surface area contributed by atoms with Crippen molar-refractivity contribution in [2.75, 3.05) is 32.0 Å². The van der Waals surface area contributed by atoms with Crippen LogP contribution >= 0.6 is 12.2 Å². The molecular formula is C25H25N3O5S. The summed E-state index contributed by atoms with van der Waals surface area (Å²) in [5.41, 5.74) is 2.92. The fraction of sp³-hybridized carbons (Fsp3) is 0.160. The molecule has 0 spiro atoms. The number of carbonyl (C=O) groups is 2. The molecule has 0 radical (unpaired) electrons. The lowest BCUT2D eigenvalue weighted by atomic mass is 10.1. The Morgan fingerprint density at radius 1 is 0.765 bits per heavy atom. The Hall–Kier alpha value is -4.11. The van der Waals surface area contributed by atoms with Crippen molar-refractivity contribution in [1.29, 1.82) is 0 Å². The molecule has 3 N–H and O–H groups in total. The highest BCUT2D eigenvalue weighted by atomic mass is 32.1. The van der Waals surface area contributed by atoms with Crippen LogP contribution < -0.4 is 30.2 Å². The van der Waals surface area contributed by atoms with Crippen LogP contribution in [0.15, 0.2) is 60.7 Å². The molecule has 0 saturated heterocycles. The Kier molecular flexibility index (Phi) is 8.05. The molecule has 8 nitrogen and oxygen atoms in total. The minimum absolute atomic E-state index is 0.0844. The van der Waals surface area contributed by atoms with Crippen LogP contribution in [0.25, 0.3) is 0 Å². The van der Waals surface area contributed by atoms with Crippen molar-refractivity contribution >= 4 is 40.5 Å². The number of amides is 2. The molecule has 34 heavy (non-hydrogen) atoms. The Balaban J connectivity index is 1.68. The first kappa shape index (κ1) is 24.5. The summed E-state index contributed by atoms with van der Waals surface area (Å²) in [4.78, 5) is 25.3. The van der Waals surface area contributed by atoms with Crippen LogP contribution in [0, 0.1) is 6.92 Å². The largest absolute Gasteiger partial charge is 0.493 e. The van der Waals surface area contributed by atoms with Gasteiger partial charge in [-0.25, -0.2) is 0 Å². The maximum absolute atomic E-state index is 12.7. The highest BCUT2D eigenvalue weighted by Gasteiger charge is 2.18. The number of nitrogens with one attached hydrogen (secondary N) is 3. The molecule has 0 saturated carbocycles. The first-order valence-corrected chi connectivity index (χ1v) is 10.7. The highest BCUT2D eigenvalue weighted by molar-refractivity contribution is 7.80. The fourth-order valence-electron chi connectivity index (χ4n) is 3.25. The maximum Gasteiger partial charge on any atom is 0.257 e. The van der Waals surface area contributed by atoms with Crippen molar-refractivity contribution < 1.29 is 23.8 Å². The van der Waals surface area contributed by atoms with Gasteiger partial charge in [0.05, 0.1) is 21.3 Å². The Bertz CT molecular complexity index is 1200. The minimum atomic E-state index is -0.458. The molecule has 0 heterocycles. The molecule has 176 valence electrons. The van der Waals surface area contributed by atoms with E-state index in [0.717, 1.165) is 5.56 Å². The Morgan fingerprint density at radius 3 is 1.97 bits per heavy atom. The Labute approximate surface area is 203 Å². The van der Waals surface area contributed by atoms with E-state index < -0.39 is 5.91 Å². The third-order valence-corrected chi connectivity index (χ3v) is 5.13. The summed E-state index contributed by atoms with van der Waals surface area (Å²) in [5.74, 6) is 0.409. The van der Waals surface area contributed by atoms with Crippen LogP contribution in [-0.2, 0) is 0 Å². The molecule has 0 bridgehead atoms. The van der Waals surface area contributed by atoms with Crippen molar-refractivity contribution in [2.24, 2.45) is 0 Å². The average molecular weight is 480 g/mol. The number of methoxy groups -OCH3 is 3. The van der Waals surface area contributed by atoms with Crippen molar-refractivity contribution in [1.82, 2.24) is 5.32 Å². The minimum Gasteiger partial charge on any atom is -0.493 e. The van der Waals surface area contributed by atoms with E-state index in [-0.39, 0.29) is 16.6 Å². The van der Waals surface area contributed by atoms with Gasteiger partial charge in [0.2, 0.25) is 5.75 Å². The molecule has 0 fully saturated rings. The molecule has 3 aromatic carbocycles. The van der Waals surface area contributed by atoms with Crippen LogP contribution in [-0.4, -0.2) is 38.3 Å². The second-order valence-electron chi connectivity index (χ2n) is 7.17. The molecule has 3 rings (SSSR count). The summed E-state index contributed by atoms with van der Waals surface area (Å²) in [6.45, 7) is 1.88. The van der Waals surface area contributed by atoms with E-state index in [1.807, 2.05) is 25.1 Å². The number of benzene rings is 3. The topological polar surface area (TPSA) is 97.9 Å². The van der Waals surface area contributed by atoms with E-state index in [1.165, 1.54) is 33.5 Å². The lowest BCUT2D eigenvalue weighted by Gasteiger charge is -2.15. The van der Waals surface area contributed by atoms with Crippen LogP contribution in [0.2, 0.25) is 0 Å². The summed E-state index contributed by atoms with van der Waals surface area (Å²) in [7, 11) is 4.42. The number of rotatable bonds is 7. The van der Waals surface area contributed by atoms with Gasteiger partial charge in [-0.3, -0.25) is 14.9 Å². The van der Waals surface area contributed by atoms with Crippen LogP contribution in [0.4, 0.5) is 11.4 Å². The number of hydrogen-bond donors (Lipinski definition) is 3. The maximum atomic E-state index is 12.7. The van der Waals surface area contributed by atoms with E-state index in [0.29, 0.717) is 34.2 Å². The van der Waals surface area contributed by atoms with Crippen LogP contribution in [0.3, 0.4) is 0 Å². The number of anilines is 2. The zero-order valence-electron chi connectivity index (χ0n) is 19.2. The second kappa shape index (κ2) is 11.2. The van der Waals surface area contributed by atoms with Gasteiger partial charge in [-0.15, -0.1) is 0 Å². The van der Waals surface area contributed by atoms with Gasteiger partial charge in [0.25, 0.3) is 11.8 Å². The SMILES string of the molecule is COc1cc(C(=O)NC(=S)Nc2cccc(NC(=O)c3ccccc3C)c2)cc(OC)c1OC. The normalized spacial score (nSPS) is 10.1. The van der Waals surface area contributed by atoms with E-state index in [1.54, 1.807) is 30.3 Å². The highest BCUT2D eigenvalue weighted by Crippen LogP contribution is 2.38. The third-order valence-electron chi connectivity index (χ3n) is 4.92. The van der Waals surface area contributed by atoms with Gasteiger partial charge in [-0.2, -0.15) is 0 Å². The van der Waals surface area contributed by atoms with Gasteiger partial charge >= 0.3 is 0 Å². The first-order chi connectivity index (χ1) is 16.4. The van der Waals surface area contributed by atoms with E-state index in [9.17, 15) is 9.59 Å². The molecular weight excluding hydrogens is 454 g/mol. The summed E-state index contributed by atoms with van der Waals surface area (Å²) in [6, 6.07) is 17.4. The van der Waals surface area contributed by atoms with Crippen molar-refractivity contribution in [3.63, 3.8) is 0 Å². The quantitative estimate of drug-likeness (QED) is 0.432. The van der Waals surface area contributed by atoms with Gasteiger partial charge in [0.1, 0.15) is 0 Å². The molecule has 0 atom stereocenters. The van der Waals surface area contributed by atoms with Crippen LogP contribution in [0.5, 0.6) is 17.2 Å². The molecule has 0 unspecified atom stereocenters. The number of carbonyl (C=O) groups excluding carboxylic acids is 2. The average Bonchev–Trinajstić information content (AvgIpc) is 2.83. The molecule has 0 aliphatic rings. The molecule has 9 heteroatoms. The zero-order valence-corrected chi connectivity index (χ0v) is 20.0. The molecule has 2 amide bonds. The first-order valence-electron chi connectivity index (χ1n) is 10.3. The van der Waals surface area contributed by atoms with E-state index in [4.69, 9.17) is 26.4 Å². The van der Waals surface area contributed by atoms with Gasteiger partial charge in [0, 0.05) is 22.5 Å². The molecule has 0 aliphatic carbocycles. The van der Waals surface area contributed by atoms with Gasteiger partial charge in [-0.1, -0.05) is 24.3 Å². The van der Waals surface area contributed by atoms with E-state index in [2.05, 4.69) is 16.0 Å². The number of ether oxygens (including phenoxy) is 3. The van der Waals surface area contributed by atoms with Gasteiger partial charge in [0.15, 0.2) is 16.6 Å². The van der Waals surface area contributed by atoms with Crippen LogP contribution in [0.1, 0.15) is 26.3 Å². The summed E-state index contributed by atoms with van der Waals surface area (Å²) >= 11 is 5.29. The zero-order chi connectivity index (χ0) is 24.7. The van der Waals surface area contributed by atoms with Crippen molar-refractivity contribution in [2.45, 2.75) is 6.92 Å². The number of thiocarbonyl (C=S) groups is 1. The molecule has 3 aromatic rings. The lowest BCUT2D eigenvalue weighted by Crippen LogP contribution is -2.34. The second-order valence-corrected chi connectivity index (χ2v) is 7.58. The van der Waals surface area contributed by atoms with Crippen molar-refractivity contribution in [3.05, 3.63) is 77.4 Å². The number of aryl methyl sites for hydroxylation is 1. The summed E-state index contributed by atoms with van der Waals surface area (Å²) in [6.07, 6.45) is 0. The van der Waals surface area contributed by atoms with E-state index >= 15 is 0 Å².